The SMILES string of the molecule is COC(=O)C(CC[C@]1(C)C(=O)C=CC[C@@H]1C)C(=O)OC. The van der Waals surface area contributed by atoms with Gasteiger partial charge in [0.1, 0.15) is 0 Å². The third-order valence-corrected chi connectivity index (χ3v) is 4.33. The highest BCUT2D eigenvalue weighted by molar-refractivity contribution is 5.96. The molecule has 0 saturated carbocycles. The van der Waals surface area contributed by atoms with Gasteiger partial charge in [0.25, 0.3) is 0 Å². The lowest BCUT2D eigenvalue weighted by Crippen LogP contribution is -2.37. The second-order valence-corrected chi connectivity index (χ2v) is 5.46. The predicted octanol–water partition coefficient (Wildman–Crippen LogP) is 1.90. The summed E-state index contributed by atoms with van der Waals surface area (Å²) in [6.45, 7) is 3.89. The normalized spacial score (nSPS) is 25.6. The van der Waals surface area contributed by atoms with Gasteiger partial charge in [-0.05, 0) is 31.3 Å². The van der Waals surface area contributed by atoms with Gasteiger partial charge in [-0.1, -0.05) is 19.9 Å². The molecule has 0 N–H and O–H groups in total. The molecule has 0 radical (unpaired) electrons. The van der Waals surface area contributed by atoms with Crippen LogP contribution in [0.1, 0.15) is 33.1 Å². The summed E-state index contributed by atoms with van der Waals surface area (Å²) in [6, 6.07) is 0. The summed E-state index contributed by atoms with van der Waals surface area (Å²) < 4.78 is 9.25. The molecule has 2 atom stereocenters. The van der Waals surface area contributed by atoms with Crippen molar-refractivity contribution < 1.29 is 23.9 Å². The van der Waals surface area contributed by atoms with Crippen molar-refractivity contribution in [2.75, 3.05) is 14.2 Å². The zero-order chi connectivity index (χ0) is 15.3. The highest BCUT2D eigenvalue weighted by Gasteiger charge is 2.40. The number of carbonyl (C=O) groups is 3. The van der Waals surface area contributed by atoms with Gasteiger partial charge in [0.05, 0.1) is 14.2 Å². The summed E-state index contributed by atoms with van der Waals surface area (Å²) in [4.78, 5) is 35.4. The van der Waals surface area contributed by atoms with Crippen molar-refractivity contribution >= 4 is 17.7 Å². The molecule has 0 spiro atoms. The van der Waals surface area contributed by atoms with Gasteiger partial charge in [-0.3, -0.25) is 14.4 Å². The first-order chi connectivity index (χ1) is 9.36. The van der Waals surface area contributed by atoms with Crippen LogP contribution < -0.4 is 0 Å². The standard InChI is InChI=1S/C15H22O5/c1-10-6-5-7-12(16)15(10,2)9-8-11(13(17)19-3)14(18)20-4/h5,7,10-11H,6,8-9H2,1-4H3/t10-,15-/m0/s1. The minimum atomic E-state index is -0.965. The summed E-state index contributed by atoms with van der Waals surface area (Å²) in [6.07, 6.45) is 4.98. The number of ketones is 1. The average Bonchev–Trinajstić information content (AvgIpc) is 2.44. The number of methoxy groups -OCH3 is 2. The average molecular weight is 282 g/mol. The molecule has 20 heavy (non-hydrogen) atoms. The van der Waals surface area contributed by atoms with Crippen molar-refractivity contribution in [3.05, 3.63) is 12.2 Å². The van der Waals surface area contributed by atoms with E-state index in [4.69, 9.17) is 0 Å². The van der Waals surface area contributed by atoms with E-state index < -0.39 is 23.3 Å². The number of carbonyl (C=O) groups excluding carboxylic acids is 3. The van der Waals surface area contributed by atoms with E-state index in [-0.39, 0.29) is 18.1 Å². The Morgan fingerprint density at radius 1 is 1.35 bits per heavy atom. The largest absolute Gasteiger partial charge is 0.468 e. The van der Waals surface area contributed by atoms with Crippen molar-refractivity contribution in [3.63, 3.8) is 0 Å². The fourth-order valence-electron chi connectivity index (χ4n) is 2.50. The molecule has 0 fully saturated rings. The van der Waals surface area contributed by atoms with Crippen LogP contribution in [0.4, 0.5) is 0 Å². The van der Waals surface area contributed by atoms with E-state index in [9.17, 15) is 14.4 Å². The molecule has 0 saturated heterocycles. The molecule has 5 nitrogen and oxygen atoms in total. The molecule has 0 aromatic carbocycles. The fraction of sp³-hybridized carbons (Fsp3) is 0.667. The van der Waals surface area contributed by atoms with Gasteiger partial charge >= 0.3 is 11.9 Å². The molecule has 1 rings (SSSR count). The summed E-state index contributed by atoms with van der Waals surface area (Å²) >= 11 is 0. The van der Waals surface area contributed by atoms with Crippen molar-refractivity contribution in [1.29, 1.82) is 0 Å². The van der Waals surface area contributed by atoms with Crippen LogP contribution in [-0.4, -0.2) is 31.9 Å². The molecule has 0 aromatic heterocycles. The summed E-state index contributed by atoms with van der Waals surface area (Å²) in [5.74, 6) is -1.98. The summed E-state index contributed by atoms with van der Waals surface area (Å²) in [7, 11) is 2.47. The predicted molar refractivity (Wildman–Crippen MR) is 72.8 cm³/mol. The van der Waals surface area contributed by atoms with E-state index in [0.717, 1.165) is 6.42 Å². The van der Waals surface area contributed by atoms with Crippen molar-refractivity contribution in [2.45, 2.75) is 33.1 Å². The monoisotopic (exact) mass is 282 g/mol. The lowest BCUT2D eigenvalue weighted by molar-refractivity contribution is -0.159. The molecule has 112 valence electrons. The minimum Gasteiger partial charge on any atom is -0.468 e. The minimum absolute atomic E-state index is 0.0460. The topological polar surface area (TPSA) is 69.7 Å². The molecular weight excluding hydrogens is 260 g/mol. The van der Waals surface area contributed by atoms with Crippen molar-refractivity contribution in [2.24, 2.45) is 17.3 Å². The number of allylic oxidation sites excluding steroid dienone is 2. The van der Waals surface area contributed by atoms with Gasteiger partial charge in [0.2, 0.25) is 0 Å². The maximum atomic E-state index is 12.1. The van der Waals surface area contributed by atoms with Gasteiger partial charge < -0.3 is 9.47 Å². The number of rotatable bonds is 5. The van der Waals surface area contributed by atoms with Crippen LogP contribution in [-0.2, 0) is 23.9 Å². The number of hydrogen-bond donors (Lipinski definition) is 0. The molecular formula is C15H22O5. The number of esters is 2. The molecule has 0 amide bonds. The fourth-order valence-corrected chi connectivity index (χ4v) is 2.50. The van der Waals surface area contributed by atoms with E-state index in [0.29, 0.717) is 6.42 Å². The first kappa shape index (κ1) is 16.4. The molecule has 0 heterocycles. The first-order valence-electron chi connectivity index (χ1n) is 6.73. The Morgan fingerprint density at radius 2 is 1.90 bits per heavy atom. The summed E-state index contributed by atoms with van der Waals surface area (Å²) in [5, 5.41) is 0. The Balaban J connectivity index is 2.81. The molecule has 1 aliphatic rings. The zero-order valence-electron chi connectivity index (χ0n) is 12.5. The molecule has 0 aliphatic heterocycles. The van der Waals surface area contributed by atoms with Crippen molar-refractivity contribution in [1.82, 2.24) is 0 Å². The highest BCUT2D eigenvalue weighted by atomic mass is 16.5. The number of ether oxygens (including phenoxy) is 2. The van der Waals surface area contributed by atoms with E-state index in [1.54, 1.807) is 6.08 Å². The third kappa shape index (κ3) is 3.26. The van der Waals surface area contributed by atoms with Crippen LogP contribution in [0.3, 0.4) is 0 Å². The Kier molecular flexibility index (Phi) is 5.48. The number of hydrogen-bond acceptors (Lipinski definition) is 5. The van der Waals surface area contributed by atoms with Gasteiger partial charge in [-0.2, -0.15) is 0 Å². The molecule has 0 aromatic rings. The Hall–Kier alpha value is -1.65. The van der Waals surface area contributed by atoms with Crippen LogP contribution in [0.2, 0.25) is 0 Å². The van der Waals surface area contributed by atoms with Gasteiger partial charge in [-0.15, -0.1) is 0 Å². The molecule has 0 unspecified atom stereocenters. The van der Waals surface area contributed by atoms with Gasteiger partial charge in [-0.25, -0.2) is 0 Å². The van der Waals surface area contributed by atoms with E-state index in [1.807, 2.05) is 19.9 Å². The van der Waals surface area contributed by atoms with Crippen molar-refractivity contribution in [3.8, 4) is 0 Å². The maximum Gasteiger partial charge on any atom is 0.320 e. The smallest absolute Gasteiger partial charge is 0.320 e. The Bertz CT molecular complexity index is 410. The summed E-state index contributed by atoms with van der Waals surface area (Å²) in [5.41, 5.74) is -0.547. The second-order valence-electron chi connectivity index (χ2n) is 5.46. The quantitative estimate of drug-likeness (QED) is 0.569. The molecule has 0 bridgehead atoms. The van der Waals surface area contributed by atoms with E-state index in [1.165, 1.54) is 14.2 Å². The van der Waals surface area contributed by atoms with Crippen LogP contribution in [0.25, 0.3) is 0 Å². The maximum absolute atomic E-state index is 12.1. The van der Waals surface area contributed by atoms with E-state index in [2.05, 4.69) is 9.47 Å². The lowest BCUT2D eigenvalue weighted by Gasteiger charge is -2.36. The van der Waals surface area contributed by atoms with Crippen LogP contribution in [0, 0.1) is 17.3 Å². The van der Waals surface area contributed by atoms with Crippen LogP contribution in [0.15, 0.2) is 12.2 Å². The molecule has 1 aliphatic carbocycles. The molecule has 5 heteroatoms. The first-order valence-corrected chi connectivity index (χ1v) is 6.73. The van der Waals surface area contributed by atoms with Crippen LogP contribution >= 0.6 is 0 Å². The van der Waals surface area contributed by atoms with Gasteiger partial charge in [0.15, 0.2) is 11.7 Å². The Morgan fingerprint density at radius 3 is 2.35 bits per heavy atom. The van der Waals surface area contributed by atoms with Gasteiger partial charge in [0, 0.05) is 5.41 Å². The van der Waals surface area contributed by atoms with E-state index >= 15 is 0 Å². The van der Waals surface area contributed by atoms with Crippen LogP contribution in [0.5, 0.6) is 0 Å². The second kappa shape index (κ2) is 6.68. The third-order valence-electron chi connectivity index (χ3n) is 4.33. The highest BCUT2D eigenvalue weighted by Crippen LogP contribution is 2.40. The zero-order valence-corrected chi connectivity index (χ0v) is 12.5. The Labute approximate surface area is 119 Å². The lowest BCUT2D eigenvalue weighted by atomic mass is 9.67.